The maximum absolute atomic E-state index is 12.4. The molecule has 1 fully saturated rings. The molecule has 0 saturated carbocycles. The molecule has 1 aliphatic rings. The molecule has 0 bridgehead atoms. The van der Waals surface area contributed by atoms with Crippen LogP contribution in [0.3, 0.4) is 0 Å². The van der Waals surface area contributed by atoms with Crippen LogP contribution in [0.15, 0.2) is 55.0 Å². The Balaban J connectivity index is 1.35. The number of hydrogen-bond acceptors (Lipinski definition) is 4. The van der Waals surface area contributed by atoms with Gasteiger partial charge in [0.1, 0.15) is 5.82 Å². The normalized spacial score (nSPS) is 16.4. The van der Waals surface area contributed by atoms with E-state index in [9.17, 15) is 4.79 Å². The smallest absolute Gasteiger partial charge is 0.257 e. The lowest BCUT2D eigenvalue weighted by Crippen LogP contribution is -2.21. The van der Waals surface area contributed by atoms with E-state index in [0.717, 1.165) is 43.0 Å². The SMILES string of the molecule is Cc1ccc(NC(=O)c2ccc(N3CCC(Cc4cnn(C)c4)C3)nc2)cc1. The van der Waals surface area contributed by atoms with Crippen LogP contribution in [0, 0.1) is 12.8 Å². The Hall–Kier alpha value is -3.15. The fourth-order valence-electron chi connectivity index (χ4n) is 3.67. The highest BCUT2D eigenvalue weighted by molar-refractivity contribution is 6.04. The van der Waals surface area contributed by atoms with Gasteiger partial charge in [0.2, 0.25) is 0 Å². The summed E-state index contributed by atoms with van der Waals surface area (Å²) in [4.78, 5) is 19.2. The molecule has 144 valence electrons. The van der Waals surface area contributed by atoms with Gasteiger partial charge < -0.3 is 10.2 Å². The molecule has 1 N–H and O–H groups in total. The second-order valence-corrected chi connectivity index (χ2v) is 7.55. The first kappa shape index (κ1) is 18.2. The third kappa shape index (κ3) is 4.22. The highest BCUT2D eigenvalue weighted by Gasteiger charge is 2.24. The number of carbonyl (C=O) groups is 1. The molecule has 1 atom stereocenters. The maximum atomic E-state index is 12.4. The van der Waals surface area contributed by atoms with E-state index in [2.05, 4.69) is 26.5 Å². The zero-order valence-electron chi connectivity index (χ0n) is 16.3. The van der Waals surface area contributed by atoms with E-state index in [0.29, 0.717) is 11.5 Å². The number of carbonyl (C=O) groups excluding carboxylic acids is 1. The van der Waals surface area contributed by atoms with Crippen LogP contribution in [0.1, 0.15) is 27.9 Å². The Morgan fingerprint density at radius 2 is 2.00 bits per heavy atom. The molecule has 3 aromatic rings. The van der Waals surface area contributed by atoms with E-state index in [-0.39, 0.29) is 5.91 Å². The van der Waals surface area contributed by atoms with Crippen molar-refractivity contribution in [3.8, 4) is 0 Å². The summed E-state index contributed by atoms with van der Waals surface area (Å²) in [5.41, 5.74) is 3.80. The number of aromatic nitrogens is 3. The van der Waals surface area contributed by atoms with Gasteiger partial charge in [-0.05, 0) is 55.5 Å². The number of anilines is 2. The van der Waals surface area contributed by atoms with E-state index in [4.69, 9.17) is 0 Å². The third-order valence-corrected chi connectivity index (χ3v) is 5.21. The van der Waals surface area contributed by atoms with Gasteiger partial charge >= 0.3 is 0 Å². The van der Waals surface area contributed by atoms with Gasteiger partial charge in [0.25, 0.3) is 5.91 Å². The van der Waals surface area contributed by atoms with Crippen molar-refractivity contribution in [1.29, 1.82) is 0 Å². The predicted octanol–water partition coefficient (Wildman–Crippen LogP) is 3.44. The number of nitrogens with one attached hydrogen (secondary N) is 1. The van der Waals surface area contributed by atoms with E-state index in [1.807, 2.05) is 61.2 Å². The molecular formula is C22H25N5O. The molecule has 1 aliphatic heterocycles. The van der Waals surface area contributed by atoms with Crippen LogP contribution in [-0.2, 0) is 13.5 Å². The van der Waals surface area contributed by atoms with Crippen molar-refractivity contribution in [2.45, 2.75) is 19.8 Å². The number of benzene rings is 1. The number of aryl methyl sites for hydroxylation is 2. The second kappa shape index (κ2) is 7.84. The number of rotatable bonds is 5. The first-order valence-corrected chi connectivity index (χ1v) is 9.63. The molecule has 28 heavy (non-hydrogen) atoms. The summed E-state index contributed by atoms with van der Waals surface area (Å²) in [6, 6.07) is 11.6. The Morgan fingerprint density at radius 3 is 2.68 bits per heavy atom. The van der Waals surface area contributed by atoms with Gasteiger partial charge in [0.05, 0.1) is 11.8 Å². The molecule has 0 spiro atoms. The maximum Gasteiger partial charge on any atom is 0.257 e. The lowest BCUT2D eigenvalue weighted by atomic mass is 10.0. The molecule has 6 nitrogen and oxygen atoms in total. The van der Waals surface area contributed by atoms with Crippen molar-refractivity contribution in [2.24, 2.45) is 13.0 Å². The summed E-state index contributed by atoms with van der Waals surface area (Å²) in [6.07, 6.45) is 7.88. The Kier molecular flexibility index (Phi) is 5.10. The summed E-state index contributed by atoms with van der Waals surface area (Å²) < 4.78 is 1.85. The average molecular weight is 375 g/mol. The van der Waals surface area contributed by atoms with Crippen LogP contribution in [0.4, 0.5) is 11.5 Å². The zero-order valence-corrected chi connectivity index (χ0v) is 16.3. The third-order valence-electron chi connectivity index (χ3n) is 5.21. The molecule has 1 aromatic carbocycles. The number of amides is 1. The van der Waals surface area contributed by atoms with Crippen LogP contribution in [0.25, 0.3) is 0 Å². The summed E-state index contributed by atoms with van der Waals surface area (Å²) in [5, 5.41) is 7.16. The van der Waals surface area contributed by atoms with Crippen molar-refractivity contribution in [3.63, 3.8) is 0 Å². The fraction of sp³-hybridized carbons (Fsp3) is 0.318. The van der Waals surface area contributed by atoms with Gasteiger partial charge in [-0.3, -0.25) is 9.48 Å². The first-order valence-electron chi connectivity index (χ1n) is 9.63. The van der Waals surface area contributed by atoms with Crippen LogP contribution in [0.2, 0.25) is 0 Å². The largest absolute Gasteiger partial charge is 0.356 e. The van der Waals surface area contributed by atoms with Crippen molar-refractivity contribution in [2.75, 3.05) is 23.3 Å². The second-order valence-electron chi connectivity index (χ2n) is 7.55. The minimum atomic E-state index is -0.140. The monoisotopic (exact) mass is 375 g/mol. The molecule has 6 heteroatoms. The molecule has 2 aromatic heterocycles. The van der Waals surface area contributed by atoms with Crippen molar-refractivity contribution < 1.29 is 4.79 Å². The van der Waals surface area contributed by atoms with E-state index >= 15 is 0 Å². The van der Waals surface area contributed by atoms with Gasteiger partial charge in [0, 0.05) is 38.2 Å². The highest BCUT2D eigenvalue weighted by atomic mass is 16.1. The topological polar surface area (TPSA) is 63.1 Å². The minimum Gasteiger partial charge on any atom is -0.356 e. The predicted molar refractivity (Wildman–Crippen MR) is 111 cm³/mol. The molecule has 1 amide bonds. The van der Waals surface area contributed by atoms with Gasteiger partial charge in [0.15, 0.2) is 0 Å². The fourth-order valence-corrected chi connectivity index (χ4v) is 3.67. The Labute approximate surface area is 165 Å². The number of pyridine rings is 1. The molecular weight excluding hydrogens is 350 g/mol. The lowest BCUT2D eigenvalue weighted by Gasteiger charge is -2.17. The molecule has 4 rings (SSSR count). The van der Waals surface area contributed by atoms with Gasteiger partial charge in [-0.1, -0.05) is 17.7 Å². The number of nitrogens with zero attached hydrogens (tertiary/aromatic N) is 4. The van der Waals surface area contributed by atoms with Crippen LogP contribution in [0.5, 0.6) is 0 Å². The first-order chi connectivity index (χ1) is 13.6. The van der Waals surface area contributed by atoms with Gasteiger partial charge in [-0.2, -0.15) is 5.10 Å². The lowest BCUT2D eigenvalue weighted by molar-refractivity contribution is 0.102. The summed E-state index contributed by atoms with van der Waals surface area (Å²) in [6.45, 7) is 4.00. The quantitative estimate of drug-likeness (QED) is 0.742. The van der Waals surface area contributed by atoms with Crippen molar-refractivity contribution >= 4 is 17.4 Å². The minimum absolute atomic E-state index is 0.140. The van der Waals surface area contributed by atoms with E-state index < -0.39 is 0 Å². The Morgan fingerprint density at radius 1 is 1.18 bits per heavy atom. The highest BCUT2D eigenvalue weighted by Crippen LogP contribution is 2.25. The van der Waals surface area contributed by atoms with Crippen LogP contribution < -0.4 is 10.2 Å². The summed E-state index contributed by atoms with van der Waals surface area (Å²) >= 11 is 0. The number of hydrogen-bond donors (Lipinski definition) is 1. The standard InChI is InChI=1S/C22H25N5O/c1-16-3-6-20(7-4-16)25-22(28)19-5-8-21(23-13-19)27-10-9-17(15-27)11-18-12-24-26(2)14-18/h3-8,12-14,17H,9-11,15H2,1-2H3,(H,25,28). The molecule has 0 radical (unpaired) electrons. The van der Waals surface area contributed by atoms with Crippen molar-refractivity contribution in [3.05, 3.63) is 71.7 Å². The van der Waals surface area contributed by atoms with Crippen LogP contribution in [-0.4, -0.2) is 33.8 Å². The zero-order chi connectivity index (χ0) is 19.5. The van der Waals surface area contributed by atoms with Gasteiger partial charge in [-0.15, -0.1) is 0 Å². The van der Waals surface area contributed by atoms with E-state index in [1.54, 1.807) is 6.20 Å². The Bertz CT molecular complexity index is 946. The van der Waals surface area contributed by atoms with Crippen molar-refractivity contribution in [1.82, 2.24) is 14.8 Å². The van der Waals surface area contributed by atoms with Gasteiger partial charge in [-0.25, -0.2) is 4.98 Å². The van der Waals surface area contributed by atoms with E-state index in [1.165, 1.54) is 5.56 Å². The average Bonchev–Trinajstić information content (AvgIpc) is 3.33. The van der Waals surface area contributed by atoms with Crippen LogP contribution >= 0.6 is 0 Å². The molecule has 1 saturated heterocycles. The summed E-state index contributed by atoms with van der Waals surface area (Å²) in [7, 11) is 1.95. The molecule has 3 heterocycles. The summed E-state index contributed by atoms with van der Waals surface area (Å²) in [5.74, 6) is 1.40. The molecule has 1 unspecified atom stereocenters. The molecule has 0 aliphatic carbocycles.